The number of aromatic nitrogens is 3. The van der Waals surface area contributed by atoms with Gasteiger partial charge in [0.2, 0.25) is 0 Å². The first kappa shape index (κ1) is 21.9. The average Bonchev–Trinajstić information content (AvgIpc) is 2.71. The molecule has 1 fully saturated rings. The van der Waals surface area contributed by atoms with Gasteiger partial charge < -0.3 is 25.0 Å². The normalized spacial score (nSPS) is 14.9. The first-order valence-electron chi connectivity index (χ1n) is 10.3. The molecule has 3 heterocycles. The molecule has 1 saturated heterocycles. The maximum Gasteiger partial charge on any atom is 0.407 e. The number of anilines is 1. The van der Waals surface area contributed by atoms with Gasteiger partial charge >= 0.3 is 6.09 Å². The summed E-state index contributed by atoms with van der Waals surface area (Å²) in [6.45, 7) is 6.98. The van der Waals surface area contributed by atoms with Crippen molar-refractivity contribution in [3.8, 4) is 5.75 Å². The number of fused-ring (bicyclic) bond motifs is 1. The minimum absolute atomic E-state index is 0.0129. The Bertz CT molecular complexity index is 1270. The molecule has 3 aromatic rings. The zero-order valence-corrected chi connectivity index (χ0v) is 18.8. The van der Waals surface area contributed by atoms with Gasteiger partial charge in [0.25, 0.3) is 0 Å². The van der Waals surface area contributed by atoms with Crippen LogP contribution < -0.4 is 15.9 Å². The van der Waals surface area contributed by atoms with Crippen molar-refractivity contribution in [2.45, 2.75) is 32.7 Å². The summed E-state index contributed by atoms with van der Waals surface area (Å²) in [5.74, 6) is 0.796. The number of halogens is 1. The van der Waals surface area contributed by atoms with Crippen LogP contribution in [0.5, 0.6) is 5.75 Å². The zero-order valence-electron chi connectivity index (χ0n) is 18.0. The predicted octanol–water partition coefficient (Wildman–Crippen LogP) is 3.42. The maximum absolute atomic E-state index is 12.4. The van der Waals surface area contributed by atoms with E-state index in [1.54, 1.807) is 6.20 Å². The number of amides is 1. The Morgan fingerprint density at radius 1 is 1.41 bits per heavy atom. The minimum Gasteiger partial charge on any atom is -0.493 e. The molecule has 3 N–H and O–H groups in total. The van der Waals surface area contributed by atoms with E-state index in [4.69, 9.17) is 22.1 Å². The highest BCUT2D eigenvalue weighted by Crippen LogP contribution is 2.44. The highest BCUT2D eigenvalue weighted by atomic mass is 35.5. The molecule has 0 radical (unpaired) electrons. The van der Waals surface area contributed by atoms with Crippen molar-refractivity contribution in [3.63, 3.8) is 0 Å². The minimum atomic E-state index is -0.940. The molecule has 1 aromatic carbocycles. The molecule has 2 aromatic heterocycles. The molecule has 0 bridgehead atoms. The number of carbonyl (C=O) groups is 1. The van der Waals surface area contributed by atoms with Gasteiger partial charge in [-0.2, -0.15) is 0 Å². The molecule has 1 atom stereocenters. The van der Waals surface area contributed by atoms with Crippen molar-refractivity contribution >= 4 is 34.5 Å². The average molecular weight is 458 g/mol. The predicted molar refractivity (Wildman–Crippen MR) is 122 cm³/mol. The number of ether oxygens (including phenoxy) is 1. The fraction of sp³-hybridized carbons (Fsp3) is 0.364. The van der Waals surface area contributed by atoms with E-state index in [0.29, 0.717) is 36.1 Å². The summed E-state index contributed by atoms with van der Waals surface area (Å²) in [5.41, 5.74) is 8.71. The van der Waals surface area contributed by atoms with E-state index in [1.807, 2.05) is 31.4 Å². The van der Waals surface area contributed by atoms with Gasteiger partial charge in [0.05, 0.1) is 12.6 Å². The highest BCUT2D eigenvalue weighted by Gasteiger charge is 2.36. The van der Waals surface area contributed by atoms with Crippen LogP contribution in [0.4, 0.5) is 10.6 Å². The molecule has 1 aliphatic heterocycles. The Labute approximate surface area is 189 Å². The van der Waals surface area contributed by atoms with Crippen LogP contribution >= 0.6 is 11.6 Å². The molecule has 0 saturated carbocycles. The van der Waals surface area contributed by atoms with Crippen molar-refractivity contribution in [1.82, 2.24) is 19.4 Å². The Balaban J connectivity index is 1.88. The van der Waals surface area contributed by atoms with Crippen LogP contribution in [0.3, 0.4) is 0 Å². The topological polar surface area (TPSA) is 124 Å². The lowest BCUT2D eigenvalue weighted by molar-refractivity contribution is 0.104. The number of carboxylic acid groups (broad SMARTS) is 1. The second-order valence-electron chi connectivity index (χ2n) is 7.85. The number of rotatable bonds is 5. The Hall–Kier alpha value is -3.33. The lowest BCUT2D eigenvalue weighted by atomic mass is 9.85. The van der Waals surface area contributed by atoms with Crippen molar-refractivity contribution in [2.75, 3.05) is 25.4 Å². The SMILES string of the molecule is CCOc1c(C(C)n2ccc(=O)c3c(N)ncnc32)cc(Cl)c(C)c1C1CN(C(=O)O)C1. The summed E-state index contributed by atoms with van der Waals surface area (Å²) >= 11 is 6.63. The van der Waals surface area contributed by atoms with E-state index < -0.39 is 6.09 Å². The molecular formula is C22H24ClN5O4. The molecule has 1 unspecified atom stereocenters. The summed E-state index contributed by atoms with van der Waals surface area (Å²) in [5, 5.41) is 10.1. The number of nitrogen functional groups attached to an aromatic ring is 1. The van der Waals surface area contributed by atoms with E-state index in [-0.39, 0.29) is 28.6 Å². The second-order valence-corrected chi connectivity index (χ2v) is 8.26. The highest BCUT2D eigenvalue weighted by molar-refractivity contribution is 6.31. The third-order valence-corrected chi connectivity index (χ3v) is 6.39. The molecule has 1 aliphatic rings. The number of likely N-dealkylation sites (tertiary alicyclic amines) is 1. The molecule has 1 amide bonds. The Morgan fingerprint density at radius 3 is 2.78 bits per heavy atom. The number of pyridine rings is 1. The molecule has 9 nitrogen and oxygen atoms in total. The van der Waals surface area contributed by atoms with Gasteiger partial charge in [0.1, 0.15) is 28.9 Å². The molecule has 4 rings (SSSR count). The van der Waals surface area contributed by atoms with Crippen LogP contribution in [0.2, 0.25) is 5.02 Å². The summed E-state index contributed by atoms with van der Waals surface area (Å²) in [4.78, 5) is 33.3. The molecule has 32 heavy (non-hydrogen) atoms. The van der Waals surface area contributed by atoms with Gasteiger partial charge in [-0.05, 0) is 32.4 Å². The van der Waals surface area contributed by atoms with Gasteiger partial charge in [0, 0.05) is 47.4 Å². The standard InChI is InChI=1S/C22H24ClN5O4/c1-4-32-19-14(7-15(23)11(2)17(19)13-8-27(9-13)22(30)31)12(3)28-6-5-16(29)18-20(24)25-10-26-21(18)28/h5-7,10,12-13H,4,8-9H2,1-3H3,(H,30,31)(H2,24,25,26). The summed E-state index contributed by atoms with van der Waals surface area (Å²) in [6, 6.07) is 2.99. The van der Waals surface area contributed by atoms with Gasteiger partial charge in [-0.1, -0.05) is 11.6 Å². The largest absolute Gasteiger partial charge is 0.493 e. The maximum atomic E-state index is 12.4. The van der Waals surface area contributed by atoms with Gasteiger partial charge in [-0.3, -0.25) is 4.79 Å². The zero-order chi connectivity index (χ0) is 23.2. The molecule has 10 heteroatoms. The number of nitrogens with two attached hydrogens (primary N) is 1. The summed E-state index contributed by atoms with van der Waals surface area (Å²) in [6.07, 6.45) is 2.05. The van der Waals surface area contributed by atoms with E-state index in [2.05, 4.69) is 9.97 Å². The van der Waals surface area contributed by atoms with Crippen LogP contribution in [0.15, 0.2) is 29.5 Å². The third-order valence-electron chi connectivity index (χ3n) is 6.00. The molecule has 0 spiro atoms. The second kappa shape index (κ2) is 8.31. The van der Waals surface area contributed by atoms with Crippen LogP contribution in [0.1, 0.15) is 42.5 Å². The fourth-order valence-electron chi connectivity index (χ4n) is 4.28. The molecule has 168 valence electrons. The first-order chi connectivity index (χ1) is 15.2. The Morgan fingerprint density at radius 2 is 2.12 bits per heavy atom. The first-order valence-corrected chi connectivity index (χ1v) is 10.7. The molecular weight excluding hydrogens is 434 g/mol. The third kappa shape index (κ3) is 3.52. The quantitative estimate of drug-likeness (QED) is 0.601. The lowest BCUT2D eigenvalue weighted by Gasteiger charge is -2.39. The van der Waals surface area contributed by atoms with Crippen LogP contribution in [-0.2, 0) is 0 Å². The molecule has 0 aliphatic carbocycles. The van der Waals surface area contributed by atoms with Crippen LogP contribution in [-0.4, -0.2) is 50.3 Å². The van der Waals surface area contributed by atoms with Gasteiger partial charge in [0.15, 0.2) is 5.43 Å². The van der Waals surface area contributed by atoms with Gasteiger partial charge in [-0.15, -0.1) is 0 Å². The monoisotopic (exact) mass is 457 g/mol. The Kier molecular flexibility index (Phi) is 5.68. The van der Waals surface area contributed by atoms with Crippen molar-refractivity contribution in [3.05, 3.63) is 56.6 Å². The lowest BCUT2D eigenvalue weighted by Crippen LogP contribution is -2.48. The number of hydrogen-bond acceptors (Lipinski definition) is 6. The number of nitrogens with zero attached hydrogens (tertiary/aromatic N) is 4. The summed E-state index contributed by atoms with van der Waals surface area (Å²) < 4.78 is 7.94. The van der Waals surface area contributed by atoms with Crippen LogP contribution in [0.25, 0.3) is 11.0 Å². The van der Waals surface area contributed by atoms with Crippen molar-refractivity contribution in [1.29, 1.82) is 0 Å². The van der Waals surface area contributed by atoms with E-state index in [9.17, 15) is 14.7 Å². The fourth-order valence-corrected chi connectivity index (χ4v) is 4.49. The smallest absolute Gasteiger partial charge is 0.407 e. The number of benzene rings is 1. The van der Waals surface area contributed by atoms with E-state index >= 15 is 0 Å². The number of hydrogen-bond donors (Lipinski definition) is 2. The van der Waals surface area contributed by atoms with Gasteiger partial charge in [-0.25, -0.2) is 14.8 Å². The van der Waals surface area contributed by atoms with Crippen LogP contribution in [0, 0.1) is 6.92 Å². The van der Waals surface area contributed by atoms with Crippen molar-refractivity contribution < 1.29 is 14.6 Å². The van der Waals surface area contributed by atoms with E-state index in [1.165, 1.54) is 17.3 Å². The summed E-state index contributed by atoms with van der Waals surface area (Å²) in [7, 11) is 0. The van der Waals surface area contributed by atoms with E-state index in [0.717, 1.165) is 16.7 Å². The van der Waals surface area contributed by atoms with Crippen molar-refractivity contribution in [2.24, 2.45) is 0 Å².